The van der Waals surface area contributed by atoms with Crippen LogP contribution in [0.5, 0.6) is 0 Å². The Balaban J connectivity index is 1.67. The second kappa shape index (κ2) is 6.53. The molecule has 0 bridgehead atoms. The fourth-order valence-corrected chi connectivity index (χ4v) is 3.10. The van der Waals surface area contributed by atoms with E-state index in [0.29, 0.717) is 5.02 Å². The first-order chi connectivity index (χ1) is 10.7. The first-order valence-corrected chi connectivity index (χ1v) is 7.84. The highest BCUT2D eigenvalue weighted by molar-refractivity contribution is 6.30. The number of ether oxygens (including phenoxy) is 1. The van der Waals surface area contributed by atoms with Crippen molar-refractivity contribution in [2.24, 2.45) is 5.92 Å². The molecule has 0 amide bonds. The molecule has 0 saturated heterocycles. The molecule has 0 aliphatic heterocycles. The smallest absolute Gasteiger partial charge is 0.308 e. The molecule has 4 nitrogen and oxygen atoms in total. The number of carbonyl (C=O) groups excluding carboxylic acids is 1. The summed E-state index contributed by atoms with van der Waals surface area (Å²) in [6, 6.07) is 7.54. The molecule has 3 rings (SSSR count). The number of rotatable bonds is 3. The van der Waals surface area contributed by atoms with Gasteiger partial charge in [-0.3, -0.25) is 4.79 Å². The summed E-state index contributed by atoms with van der Waals surface area (Å²) in [6.07, 6.45) is 5.15. The van der Waals surface area contributed by atoms with Gasteiger partial charge in [-0.25, -0.2) is 4.98 Å². The maximum atomic E-state index is 11.6. The molecule has 0 N–H and O–H groups in total. The average molecular weight is 320 g/mol. The zero-order valence-electron chi connectivity index (χ0n) is 12.4. The van der Waals surface area contributed by atoms with E-state index in [1.807, 2.05) is 24.3 Å². The lowest BCUT2D eigenvalue weighted by Gasteiger charge is -2.24. The predicted molar refractivity (Wildman–Crippen MR) is 83.7 cm³/mol. The van der Waals surface area contributed by atoms with E-state index in [1.54, 1.807) is 6.26 Å². The Labute approximate surface area is 134 Å². The zero-order chi connectivity index (χ0) is 15.5. The van der Waals surface area contributed by atoms with Crippen molar-refractivity contribution in [3.8, 4) is 11.3 Å². The molecule has 0 atom stereocenters. The SMILES string of the molecule is COC(=O)[C@H]1CC[C@H](c2nc(-c3ccc(Cl)cc3)co2)CC1. The fourth-order valence-electron chi connectivity index (χ4n) is 2.97. The number of benzene rings is 1. The molecule has 116 valence electrons. The van der Waals surface area contributed by atoms with Crippen molar-refractivity contribution in [2.75, 3.05) is 7.11 Å². The predicted octanol–water partition coefficient (Wildman–Crippen LogP) is 4.44. The molecule has 1 aliphatic carbocycles. The van der Waals surface area contributed by atoms with Gasteiger partial charge in [0, 0.05) is 16.5 Å². The van der Waals surface area contributed by atoms with Gasteiger partial charge < -0.3 is 9.15 Å². The minimum atomic E-state index is -0.104. The number of hydrogen-bond acceptors (Lipinski definition) is 4. The molecule has 0 unspecified atom stereocenters. The van der Waals surface area contributed by atoms with E-state index < -0.39 is 0 Å². The number of esters is 1. The number of nitrogens with zero attached hydrogens (tertiary/aromatic N) is 1. The second-order valence-electron chi connectivity index (χ2n) is 5.65. The van der Waals surface area contributed by atoms with E-state index in [9.17, 15) is 4.79 Å². The number of carbonyl (C=O) groups is 1. The quantitative estimate of drug-likeness (QED) is 0.785. The van der Waals surface area contributed by atoms with Gasteiger partial charge in [-0.1, -0.05) is 23.7 Å². The van der Waals surface area contributed by atoms with Crippen LogP contribution in [-0.2, 0) is 9.53 Å². The summed E-state index contributed by atoms with van der Waals surface area (Å²) in [5.41, 5.74) is 1.81. The number of halogens is 1. The first kappa shape index (κ1) is 15.1. The third-order valence-corrected chi connectivity index (χ3v) is 4.52. The summed E-state index contributed by atoms with van der Waals surface area (Å²) in [7, 11) is 1.45. The van der Waals surface area contributed by atoms with Gasteiger partial charge in [-0.2, -0.15) is 0 Å². The molecule has 1 heterocycles. The topological polar surface area (TPSA) is 52.3 Å². The molecule has 22 heavy (non-hydrogen) atoms. The van der Waals surface area contributed by atoms with Crippen LogP contribution < -0.4 is 0 Å². The van der Waals surface area contributed by atoms with Crippen molar-refractivity contribution in [2.45, 2.75) is 31.6 Å². The molecule has 1 aromatic carbocycles. The van der Waals surface area contributed by atoms with E-state index in [-0.39, 0.29) is 17.8 Å². The van der Waals surface area contributed by atoms with Crippen molar-refractivity contribution in [1.29, 1.82) is 0 Å². The van der Waals surface area contributed by atoms with Crippen LogP contribution in [0.3, 0.4) is 0 Å². The van der Waals surface area contributed by atoms with E-state index in [2.05, 4.69) is 4.98 Å². The summed E-state index contributed by atoms with van der Waals surface area (Å²) in [5, 5.41) is 0.702. The molecular weight excluding hydrogens is 302 g/mol. The maximum Gasteiger partial charge on any atom is 0.308 e. The van der Waals surface area contributed by atoms with Gasteiger partial charge in [0.2, 0.25) is 0 Å². The molecule has 0 spiro atoms. The van der Waals surface area contributed by atoms with Gasteiger partial charge >= 0.3 is 5.97 Å². The lowest BCUT2D eigenvalue weighted by atomic mass is 9.82. The Morgan fingerprint density at radius 2 is 1.91 bits per heavy atom. The minimum Gasteiger partial charge on any atom is -0.469 e. The maximum absolute atomic E-state index is 11.6. The summed E-state index contributed by atoms with van der Waals surface area (Å²) >= 11 is 5.90. The zero-order valence-corrected chi connectivity index (χ0v) is 13.2. The Hall–Kier alpha value is -1.81. The second-order valence-corrected chi connectivity index (χ2v) is 6.09. The summed E-state index contributed by atoms with van der Waals surface area (Å²) in [5.74, 6) is 0.954. The third kappa shape index (κ3) is 3.17. The lowest BCUT2D eigenvalue weighted by Crippen LogP contribution is -2.22. The lowest BCUT2D eigenvalue weighted by molar-refractivity contribution is -0.146. The molecule has 0 radical (unpaired) electrons. The molecule has 1 fully saturated rings. The Kier molecular flexibility index (Phi) is 4.48. The molecule has 5 heteroatoms. The Morgan fingerprint density at radius 1 is 1.23 bits per heavy atom. The third-order valence-electron chi connectivity index (χ3n) is 4.27. The summed E-state index contributed by atoms with van der Waals surface area (Å²) in [6.45, 7) is 0. The average Bonchev–Trinajstić information content (AvgIpc) is 3.05. The van der Waals surface area contributed by atoms with Gasteiger partial charge in [0.1, 0.15) is 12.0 Å². The normalized spacial score (nSPS) is 21.5. The largest absolute Gasteiger partial charge is 0.469 e. The minimum absolute atomic E-state index is 0.0203. The number of methoxy groups -OCH3 is 1. The molecule has 1 aromatic heterocycles. The van der Waals surface area contributed by atoms with Crippen LogP contribution in [0.1, 0.15) is 37.5 Å². The molecule has 2 aromatic rings. The summed E-state index contributed by atoms with van der Waals surface area (Å²) < 4.78 is 10.5. The van der Waals surface area contributed by atoms with Crippen LogP contribution in [0, 0.1) is 5.92 Å². The highest BCUT2D eigenvalue weighted by Crippen LogP contribution is 2.36. The van der Waals surface area contributed by atoms with E-state index >= 15 is 0 Å². The van der Waals surface area contributed by atoms with Crippen LogP contribution in [0.15, 0.2) is 34.9 Å². The summed E-state index contributed by atoms with van der Waals surface area (Å²) in [4.78, 5) is 16.2. The van der Waals surface area contributed by atoms with Crippen molar-refractivity contribution >= 4 is 17.6 Å². The van der Waals surface area contributed by atoms with E-state index in [0.717, 1.165) is 42.8 Å². The van der Waals surface area contributed by atoms with Crippen molar-refractivity contribution in [3.05, 3.63) is 41.4 Å². The van der Waals surface area contributed by atoms with Crippen molar-refractivity contribution < 1.29 is 13.9 Å². The van der Waals surface area contributed by atoms with Crippen LogP contribution in [0.4, 0.5) is 0 Å². The van der Waals surface area contributed by atoms with Crippen LogP contribution in [0.2, 0.25) is 5.02 Å². The first-order valence-electron chi connectivity index (χ1n) is 7.46. The van der Waals surface area contributed by atoms with Crippen molar-refractivity contribution in [3.63, 3.8) is 0 Å². The van der Waals surface area contributed by atoms with Crippen molar-refractivity contribution in [1.82, 2.24) is 4.98 Å². The monoisotopic (exact) mass is 319 g/mol. The molecular formula is C17H18ClNO3. The van der Waals surface area contributed by atoms with Gasteiger partial charge in [0.25, 0.3) is 0 Å². The van der Waals surface area contributed by atoms with E-state index in [4.69, 9.17) is 20.8 Å². The number of hydrogen-bond donors (Lipinski definition) is 0. The fraction of sp³-hybridized carbons (Fsp3) is 0.412. The van der Waals surface area contributed by atoms with Gasteiger partial charge in [-0.15, -0.1) is 0 Å². The van der Waals surface area contributed by atoms with Gasteiger partial charge in [-0.05, 0) is 37.8 Å². The Morgan fingerprint density at radius 3 is 2.55 bits per heavy atom. The van der Waals surface area contributed by atoms with Crippen LogP contribution in [0.25, 0.3) is 11.3 Å². The van der Waals surface area contributed by atoms with Gasteiger partial charge in [0.05, 0.1) is 13.0 Å². The van der Waals surface area contributed by atoms with Gasteiger partial charge in [0.15, 0.2) is 5.89 Å². The molecule has 1 aliphatic rings. The van der Waals surface area contributed by atoms with Crippen LogP contribution in [-0.4, -0.2) is 18.1 Å². The van der Waals surface area contributed by atoms with Crippen LogP contribution >= 0.6 is 11.6 Å². The number of aromatic nitrogens is 1. The highest BCUT2D eigenvalue weighted by Gasteiger charge is 2.30. The Bertz CT molecular complexity index is 642. The number of oxazole rings is 1. The standard InChI is InChI=1S/C17H18ClNO3/c1-21-17(20)13-4-2-12(3-5-13)16-19-15(10-22-16)11-6-8-14(18)9-7-11/h6-10,12-13H,2-5H2,1H3/t12-,13-. The molecule has 1 saturated carbocycles. The van der Waals surface area contributed by atoms with E-state index in [1.165, 1.54) is 7.11 Å². The highest BCUT2D eigenvalue weighted by atomic mass is 35.5.